The summed E-state index contributed by atoms with van der Waals surface area (Å²) in [5, 5.41) is 0. The molecule has 2 heterocycles. The number of rotatable bonds is 4. The average Bonchev–Trinajstić information content (AvgIpc) is 3.04. The molecular formula is C16H22N2O3. The lowest BCUT2D eigenvalue weighted by Gasteiger charge is -2.25. The predicted octanol–water partition coefficient (Wildman–Crippen LogP) is 1.87. The van der Waals surface area contributed by atoms with Crippen molar-refractivity contribution < 1.29 is 14.3 Å². The Morgan fingerprint density at radius 3 is 3.10 bits per heavy atom. The third-order valence-corrected chi connectivity index (χ3v) is 4.91. The van der Waals surface area contributed by atoms with Gasteiger partial charge in [0.2, 0.25) is 5.88 Å². The van der Waals surface area contributed by atoms with Gasteiger partial charge in [-0.15, -0.1) is 0 Å². The fraction of sp³-hybridized carbons (Fsp3) is 0.625. The van der Waals surface area contributed by atoms with Crippen LogP contribution in [0.3, 0.4) is 0 Å². The van der Waals surface area contributed by atoms with Crippen molar-refractivity contribution in [2.24, 2.45) is 11.3 Å². The van der Waals surface area contributed by atoms with Crippen LogP contribution in [0, 0.1) is 11.3 Å². The van der Waals surface area contributed by atoms with E-state index in [0.29, 0.717) is 11.8 Å². The molecule has 1 aliphatic carbocycles. The summed E-state index contributed by atoms with van der Waals surface area (Å²) < 4.78 is 10.2. The highest BCUT2D eigenvalue weighted by atomic mass is 16.5. The van der Waals surface area contributed by atoms with Crippen molar-refractivity contribution in [2.75, 3.05) is 27.3 Å². The van der Waals surface area contributed by atoms with Crippen LogP contribution in [-0.2, 0) is 16.1 Å². The summed E-state index contributed by atoms with van der Waals surface area (Å²) in [5.41, 5.74) is 0.697. The number of hydrogen-bond acceptors (Lipinski definition) is 5. The zero-order chi connectivity index (χ0) is 14.9. The van der Waals surface area contributed by atoms with E-state index < -0.39 is 0 Å². The Morgan fingerprint density at radius 2 is 2.33 bits per heavy atom. The van der Waals surface area contributed by atoms with E-state index >= 15 is 0 Å². The summed E-state index contributed by atoms with van der Waals surface area (Å²) in [6, 6.07) is 5.80. The molecule has 2 aliphatic rings. The molecular weight excluding hydrogens is 268 g/mol. The van der Waals surface area contributed by atoms with E-state index in [2.05, 4.69) is 9.88 Å². The molecule has 0 amide bonds. The zero-order valence-corrected chi connectivity index (χ0v) is 12.7. The van der Waals surface area contributed by atoms with Gasteiger partial charge in [-0.3, -0.25) is 9.69 Å². The van der Waals surface area contributed by atoms with Gasteiger partial charge in [-0.05, 0) is 24.8 Å². The minimum Gasteiger partial charge on any atom is -0.481 e. The summed E-state index contributed by atoms with van der Waals surface area (Å²) in [6.07, 6.45) is 3.20. The summed E-state index contributed by atoms with van der Waals surface area (Å²) in [4.78, 5) is 19.0. The lowest BCUT2D eigenvalue weighted by molar-refractivity contribution is -0.153. The van der Waals surface area contributed by atoms with E-state index in [9.17, 15) is 4.79 Å². The standard InChI is InChI=1S/C16H22N2O3/c1-20-14-7-3-6-13(17-14)10-18-9-12-5-4-8-16(12,11-18)15(19)21-2/h3,6-7,12H,4-5,8-11H2,1-2H3/t12-,16-/m1/s1. The van der Waals surface area contributed by atoms with Crippen molar-refractivity contribution in [1.82, 2.24) is 9.88 Å². The summed E-state index contributed by atoms with van der Waals surface area (Å²) in [5.74, 6) is 1.02. The van der Waals surface area contributed by atoms with Crippen molar-refractivity contribution in [3.05, 3.63) is 23.9 Å². The third-order valence-electron chi connectivity index (χ3n) is 4.91. The van der Waals surface area contributed by atoms with Gasteiger partial charge in [-0.25, -0.2) is 4.98 Å². The Balaban J connectivity index is 1.73. The van der Waals surface area contributed by atoms with Crippen molar-refractivity contribution in [2.45, 2.75) is 25.8 Å². The average molecular weight is 290 g/mol. The van der Waals surface area contributed by atoms with Crippen LogP contribution >= 0.6 is 0 Å². The molecule has 5 nitrogen and oxygen atoms in total. The molecule has 2 fully saturated rings. The van der Waals surface area contributed by atoms with Crippen LogP contribution in [0.25, 0.3) is 0 Å². The second-order valence-corrected chi connectivity index (χ2v) is 6.08. The van der Waals surface area contributed by atoms with Gasteiger partial charge in [-0.2, -0.15) is 0 Å². The maximum absolute atomic E-state index is 12.2. The highest BCUT2D eigenvalue weighted by molar-refractivity contribution is 5.78. The van der Waals surface area contributed by atoms with Gasteiger partial charge in [0, 0.05) is 25.7 Å². The number of aromatic nitrogens is 1. The third kappa shape index (κ3) is 2.50. The van der Waals surface area contributed by atoms with Crippen LogP contribution in [0.5, 0.6) is 5.88 Å². The zero-order valence-electron chi connectivity index (χ0n) is 12.7. The molecule has 0 aromatic carbocycles. The van der Waals surface area contributed by atoms with Crippen LogP contribution in [-0.4, -0.2) is 43.2 Å². The maximum atomic E-state index is 12.2. The molecule has 0 N–H and O–H groups in total. The molecule has 0 radical (unpaired) electrons. The molecule has 1 saturated heterocycles. The molecule has 5 heteroatoms. The van der Waals surface area contributed by atoms with E-state index in [1.807, 2.05) is 18.2 Å². The topological polar surface area (TPSA) is 51.7 Å². The van der Waals surface area contributed by atoms with Gasteiger partial charge in [0.25, 0.3) is 0 Å². The number of ether oxygens (including phenoxy) is 2. The monoisotopic (exact) mass is 290 g/mol. The first-order valence-electron chi connectivity index (χ1n) is 7.48. The molecule has 0 bridgehead atoms. The maximum Gasteiger partial charge on any atom is 0.313 e. The quantitative estimate of drug-likeness (QED) is 0.792. The Labute approximate surface area is 125 Å². The predicted molar refractivity (Wildman–Crippen MR) is 77.9 cm³/mol. The summed E-state index contributed by atoms with van der Waals surface area (Å²) in [6.45, 7) is 2.49. The number of carbonyl (C=O) groups excluding carboxylic acids is 1. The lowest BCUT2D eigenvalue weighted by atomic mass is 9.81. The van der Waals surface area contributed by atoms with Crippen LogP contribution < -0.4 is 4.74 Å². The fourth-order valence-corrected chi connectivity index (χ4v) is 3.94. The first-order chi connectivity index (χ1) is 10.2. The molecule has 1 aromatic rings. The minimum absolute atomic E-state index is 0.0360. The van der Waals surface area contributed by atoms with E-state index in [1.165, 1.54) is 7.11 Å². The van der Waals surface area contributed by atoms with E-state index in [0.717, 1.165) is 44.6 Å². The number of esters is 1. The van der Waals surface area contributed by atoms with E-state index in [-0.39, 0.29) is 11.4 Å². The van der Waals surface area contributed by atoms with Crippen LogP contribution in [0.4, 0.5) is 0 Å². The number of nitrogens with zero attached hydrogens (tertiary/aromatic N) is 2. The number of fused-ring (bicyclic) bond motifs is 1. The van der Waals surface area contributed by atoms with Crippen molar-refractivity contribution in [3.63, 3.8) is 0 Å². The second-order valence-electron chi connectivity index (χ2n) is 6.08. The molecule has 3 rings (SSSR count). The Morgan fingerprint density at radius 1 is 1.48 bits per heavy atom. The highest BCUT2D eigenvalue weighted by Crippen LogP contribution is 2.49. The minimum atomic E-state index is -0.284. The van der Waals surface area contributed by atoms with Crippen molar-refractivity contribution in [3.8, 4) is 5.88 Å². The molecule has 114 valence electrons. The molecule has 1 aliphatic heterocycles. The van der Waals surface area contributed by atoms with Crippen molar-refractivity contribution in [1.29, 1.82) is 0 Å². The molecule has 0 unspecified atom stereocenters. The molecule has 1 aromatic heterocycles. The molecule has 1 saturated carbocycles. The molecule has 2 atom stereocenters. The van der Waals surface area contributed by atoms with Crippen LogP contribution in [0.1, 0.15) is 25.0 Å². The van der Waals surface area contributed by atoms with Gasteiger partial charge in [0.1, 0.15) is 0 Å². The Kier molecular flexibility index (Phi) is 3.85. The number of carbonyl (C=O) groups is 1. The number of methoxy groups -OCH3 is 2. The summed E-state index contributed by atoms with van der Waals surface area (Å²) >= 11 is 0. The highest BCUT2D eigenvalue weighted by Gasteiger charge is 2.55. The molecule has 21 heavy (non-hydrogen) atoms. The van der Waals surface area contributed by atoms with E-state index in [4.69, 9.17) is 9.47 Å². The Bertz CT molecular complexity index is 534. The van der Waals surface area contributed by atoms with Crippen molar-refractivity contribution >= 4 is 5.97 Å². The van der Waals surface area contributed by atoms with Gasteiger partial charge in [-0.1, -0.05) is 12.5 Å². The van der Waals surface area contributed by atoms with E-state index in [1.54, 1.807) is 7.11 Å². The fourth-order valence-electron chi connectivity index (χ4n) is 3.94. The van der Waals surface area contributed by atoms with Gasteiger partial charge < -0.3 is 9.47 Å². The SMILES string of the molecule is COC(=O)[C@@]12CCC[C@@H]1CN(Cc1cccc(OC)n1)C2. The largest absolute Gasteiger partial charge is 0.481 e. The van der Waals surface area contributed by atoms with Gasteiger partial charge in [0.05, 0.1) is 25.3 Å². The first kappa shape index (κ1) is 14.3. The molecule has 0 spiro atoms. The normalized spacial score (nSPS) is 28.4. The summed E-state index contributed by atoms with van der Waals surface area (Å²) in [7, 11) is 3.12. The number of hydrogen-bond donors (Lipinski definition) is 0. The smallest absolute Gasteiger partial charge is 0.313 e. The lowest BCUT2D eigenvalue weighted by Crippen LogP contribution is -2.36. The number of likely N-dealkylation sites (tertiary alicyclic amines) is 1. The number of pyridine rings is 1. The Hall–Kier alpha value is -1.62. The first-order valence-corrected chi connectivity index (χ1v) is 7.48. The van der Waals surface area contributed by atoms with Crippen LogP contribution in [0.15, 0.2) is 18.2 Å². The van der Waals surface area contributed by atoms with Gasteiger partial charge in [0.15, 0.2) is 0 Å². The van der Waals surface area contributed by atoms with Crippen LogP contribution in [0.2, 0.25) is 0 Å². The van der Waals surface area contributed by atoms with Gasteiger partial charge >= 0.3 is 5.97 Å². The second kappa shape index (κ2) is 5.64.